The van der Waals surface area contributed by atoms with Crippen molar-refractivity contribution in [3.05, 3.63) is 46.5 Å². The maximum atomic E-state index is 12.5. The van der Waals surface area contributed by atoms with Crippen LogP contribution in [0.25, 0.3) is 0 Å². The van der Waals surface area contributed by atoms with Gasteiger partial charge in [-0.3, -0.25) is 9.59 Å². The largest absolute Gasteiger partial charge is 0.345 e. The van der Waals surface area contributed by atoms with Crippen molar-refractivity contribution in [2.24, 2.45) is 0 Å². The summed E-state index contributed by atoms with van der Waals surface area (Å²) in [5, 5.41) is 0. The smallest absolute Gasteiger partial charge is 0.254 e. The number of rotatable bonds is 2. The zero-order valence-electron chi connectivity index (χ0n) is 13.1. The van der Waals surface area contributed by atoms with Gasteiger partial charge in [0, 0.05) is 38.3 Å². The highest BCUT2D eigenvalue weighted by atomic mass is 16.2. The van der Waals surface area contributed by atoms with Crippen molar-refractivity contribution in [1.29, 1.82) is 0 Å². The quantitative estimate of drug-likeness (QED) is 0.836. The number of carbonyl (C=O) groups is 2. The fraction of sp³-hybridized carbons (Fsp3) is 0.412. The highest BCUT2D eigenvalue weighted by Crippen LogP contribution is 2.17. The van der Waals surface area contributed by atoms with E-state index < -0.39 is 0 Å². The van der Waals surface area contributed by atoms with Crippen LogP contribution in [0.15, 0.2) is 29.8 Å². The summed E-state index contributed by atoms with van der Waals surface area (Å²) >= 11 is 0. The van der Waals surface area contributed by atoms with Crippen LogP contribution in [0.1, 0.15) is 27.9 Å². The molecule has 0 saturated heterocycles. The molecule has 112 valence electrons. The number of amides is 2. The SMILES string of the molecule is Cc1ccc(C(=O)N2CC=C(C(=O)N(C)C)CC2)cc1C. The molecule has 0 spiro atoms. The molecule has 2 amide bonds. The normalized spacial score (nSPS) is 14.7. The Kier molecular flexibility index (Phi) is 4.46. The zero-order chi connectivity index (χ0) is 15.6. The molecule has 4 nitrogen and oxygen atoms in total. The molecule has 0 aromatic heterocycles. The van der Waals surface area contributed by atoms with Crippen LogP contribution in [-0.4, -0.2) is 48.8 Å². The topological polar surface area (TPSA) is 40.6 Å². The van der Waals surface area contributed by atoms with Crippen molar-refractivity contribution < 1.29 is 9.59 Å². The molecule has 2 rings (SSSR count). The molecule has 0 radical (unpaired) electrons. The van der Waals surface area contributed by atoms with Crippen molar-refractivity contribution in [3.8, 4) is 0 Å². The fourth-order valence-corrected chi connectivity index (χ4v) is 2.39. The number of hydrogen-bond acceptors (Lipinski definition) is 2. The van der Waals surface area contributed by atoms with E-state index in [9.17, 15) is 9.59 Å². The third-order valence-corrected chi connectivity index (χ3v) is 3.93. The summed E-state index contributed by atoms with van der Waals surface area (Å²) in [4.78, 5) is 27.7. The maximum Gasteiger partial charge on any atom is 0.254 e. The monoisotopic (exact) mass is 286 g/mol. The minimum Gasteiger partial charge on any atom is -0.345 e. The number of nitrogens with zero attached hydrogens (tertiary/aromatic N) is 2. The highest BCUT2D eigenvalue weighted by Gasteiger charge is 2.22. The first-order chi connectivity index (χ1) is 9.90. The molecule has 0 atom stereocenters. The third-order valence-electron chi connectivity index (χ3n) is 3.93. The van der Waals surface area contributed by atoms with Gasteiger partial charge in [0.05, 0.1) is 0 Å². The Bertz CT molecular complexity index is 603. The van der Waals surface area contributed by atoms with Gasteiger partial charge >= 0.3 is 0 Å². The summed E-state index contributed by atoms with van der Waals surface area (Å²) < 4.78 is 0. The molecule has 0 aliphatic carbocycles. The van der Waals surface area contributed by atoms with Gasteiger partial charge in [0.25, 0.3) is 5.91 Å². The maximum absolute atomic E-state index is 12.5. The molecule has 0 unspecified atom stereocenters. The fourth-order valence-electron chi connectivity index (χ4n) is 2.39. The molecule has 0 saturated carbocycles. The Balaban J connectivity index is 2.09. The highest BCUT2D eigenvalue weighted by molar-refractivity contribution is 5.96. The van der Waals surface area contributed by atoms with Crippen LogP contribution in [0.2, 0.25) is 0 Å². The standard InChI is InChI=1S/C17H22N2O2/c1-12-5-6-15(11-13(12)2)17(21)19-9-7-14(8-10-19)16(20)18(3)4/h5-7,11H,8-10H2,1-4H3. The number of carbonyl (C=O) groups excluding carboxylic acids is 2. The molecule has 1 aliphatic heterocycles. The predicted molar refractivity (Wildman–Crippen MR) is 83.2 cm³/mol. The molecule has 0 bridgehead atoms. The molecule has 0 fully saturated rings. The van der Waals surface area contributed by atoms with Crippen molar-refractivity contribution in [3.63, 3.8) is 0 Å². The van der Waals surface area contributed by atoms with E-state index in [-0.39, 0.29) is 11.8 Å². The van der Waals surface area contributed by atoms with E-state index in [0.29, 0.717) is 25.1 Å². The number of hydrogen-bond donors (Lipinski definition) is 0. The van der Waals surface area contributed by atoms with E-state index in [1.807, 2.05) is 38.1 Å². The lowest BCUT2D eigenvalue weighted by Crippen LogP contribution is -2.37. The molecular weight excluding hydrogens is 264 g/mol. The Morgan fingerprint density at radius 1 is 1.14 bits per heavy atom. The van der Waals surface area contributed by atoms with Gasteiger partial charge in [-0.05, 0) is 43.5 Å². The summed E-state index contributed by atoms with van der Waals surface area (Å²) in [6.07, 6.45) is 2.48. The minimum absolute atomic E-state index is 0.0331. The van der Waals surface area contributed by atoms with Gasteiger partial charge in [0.2, 0.25) is 5.91 Å². The van der Waals surface area contributed by atoms with Crippen molar-refractivity contribution >= 4 is 11.8 Å². The van der Waals surface area contributed by atoms with Gasteiger partial charge in [-0.1, -0.05) is 12.1 Å². The Labute approximate surface area is 126 Å². The van der Waals surface area contributed by atoms with Gasteiger partial charge < -0.3 is 9.80 Å². The second-order valence-electron chi connectivity index (χ2n) is 5.73. The van der Waals surface area contributed by atoms with Crippen LogP contribution in [0.5, 0.6) is 0 Å². The van der Waals surface area contributed by atoms with Gasteiger partial charge in [0.15, 0.2) is 0 Å². The first-order valence-electron chi connectivity index (χ1n) is 7.17. The van der Waals surface area contributed by atoms with E-state index in [2.05, 4.69) is 0 Å². The summed E-state index contributed by atoms with van der Waals surface area (Å²) in [6, 6.07) is 5.78. The van der Waals surface area contributed by atoms with E-state index in [1.165, 1.54) is 5.56 Å². The first kappa shape index (κ1) is 15.3. The lowest BCUT2D eigenvalue weighted by atomic mass is 10.0. The predicted octanol–water partition coefficient (Wildman–Crippen LogP) is 2.16. The van der Waals surface area contributed by atoms with Crippen LogP contribution in [-0.2, 0) is 4.79 Å². The van der Waals surface area contributed by atoms with Crippen LogP contribution < -0.4 is 0 Å². The molecule has 1 aliphatic rings. The summed E-state index contributed by atoms with van der Waals surface area (Å²) in [5.41, 5.74) is 3.82. The Morgan fingerprint density at radius 3 is 2.38 bits per heavy atom. The lowest BCUT2D eigenvalue weighted by Gasteiger charge is -2.27. The van der Waals surface area contributed by atoms with E-state index in [1.54, 1.807) is 23.9 Å². The van der Waals surface area contributed by atoms with E-state index in [4.69, 9.17) is 0 Å². The molecular formula is C17H22N2O2. The average molecular weight is 286 g/mol. The van der Waals surface area contributed by atoms with Gasteiger partial charge in [0.1, 0.15) is 0 Å². The lowest BCUT2D eigenvalue weighted by molar-refractivity contribution is -0.125. The van der Waals surface area contributed by atoms with Crippen LogP contribution >= 0.6 is 0 Å². The van der Waals surface area contributed by atoms with Gasteiger partial charge in [-0.2, -0.15) is 0 Å². The van der Waals surface area contributed by atoms with E-state index >= 15 is 0 Å². The van der Waals surface area contributed by atoms with Crippen LogP contribution in [0.3, 0.4) is 0 Å². The van der Waals surface area contributed by atoms with Crippen molar-refractivity contribution in [1.82, 2.24) is 9.80 Å². The second-order valence-corrected chi connectivity index (χ2v) is 5.73. The number of benzene rings is 1. The molecule has 1 aromatic rings. The number of likely N-dealkylation sites (N-methyl/N-ethyl adjacent to an activating group) is 1. The minimum atomic E-state index is 0.0331. The summed E-state index contributed by atoms with van der Waals surface area (Å²) in [7, 11) is 3.49. The molecule has 1 aromatic carbocycles. The van der Waals surface area contributed by atoms with E-state index in [0.717, 1.165) is 11.1 Å². The average Bonchev–Trinajstić information content (AvgIpc) is 2.48. The first-order valence-corrected chi connectivity index (χ1v) is 7.17. The van der Waals surface area contributed by atoms with Crippen LogP contribution in [0, 0.1) is 13.8 Å². The molecule has 1 heterocycles. The van der Waals surface area contributed by atoms with Crippen molar-refractivity contribution in [2.45, 2.75) is 20.3 Å². The summed E-state index contributed by atoms with van der Waals surface area (Å²) in [6.45, 7) is 5.14. The van der Waals surface area contributed by atoms with Gasteiger partial charge in [-0.25, -0.2) is 0 Å². The van der Waals surface area contributed by atoms with Crippen LogP contribution in [0.4, 0.5) is 0 Å². The Morgan fingerprint density at radius 2 is 1.86 bits per heavy atom. The second kappa shape index (κ2) is 6.12. The van der Waals surface area contributed by atoms with Crippen molar-refractivity contribution in [2.75, 3.05) is 27.2 Å². The number of aryl methyl sites for hydroxylation is 2. The Hall–Kier alpha value is -2.10. The molecule has 0 N–H and O–H groups in total. The third kappa shape index (κ3) is 3.32. The molecule has 21 heavy (non-hydrogen) atoms. The summed E-state index contributed by atoms with van der Waals surface area (Å²) in [5.74, 6) is 0.0685. The zero-order valence-corrected chi connectivity index (χ0v) is 13.1. The molecule has 4 heteroatoms. The van der Waals surface area contributed by atoms with Gasteiger partial charge in [-0.15, -0.1) is 0 Å².